The summed E-state index contributed by atoms with van der Waals surface area (Å²) in [6, 6.07) is 8.08. The Kier molecular flexibility index (Phi) is 3.70. The van der Waals surface area contributed by atoms with Crippen LogP contribution in [0.25, 0.3) is 0 Å². The molecule has 1 rings (SSSR count). The van der Waals surface area contributed by atoms with Gasteiger partial charge in [0.2, 0.25) is 5.91 Å². The molecule has 0 radical (unpaired) electrons. The Bertz CT molecular complexity index is 363. The molecule has 16 heavy (non-hydrogen) atoms. The van der Waals surface area contributed by atoms with E-state index in [9.17, 15) is 4.79 Å². The maximum atomic E-state index is 11.7. The lowest BCUT2D eigenvalue weighted by molar-refractivity contribution is -0.125. The molecule has 0 fully saturated rings. The van der Waals surface area contributed by atoms with Gasteiger partial charge >= 0.3 is 0 Å². The Morgan fingerprint density at radius 2 is 1.81 bits per heavy atom. The summed E-state index contributed by atoms with van der Waals surface area (Å²) in [4.78, 5) is 11.7. The molecule has 0 aliphatic heterocycles. The van der Waals surface area contributed by atoms with Crippen molar-refractivity contribution >= 4 is 5.91 Å². The Labute approximate surface area is 97.0 Å². The van der Waals surface area contributed by atoms with Crippen LogP contribution in [-0.2, 0) is 4.79 Å². The largest absolute Gasteiger partial charge is 0.348 e. The molecular formula is C13H20N2O. The van der Waals surface area contributed by atoms with Crippen LogP contribution in [0.1, 0.15) is 37.9 Å². The number of amides is 1. The van der Waals surface area contributed by atoms with Crippen molar-refractivity contribution in [3.8, 4) is 0 Å². The van der Waals surface area contributed by atoms with Crippen LogP contribution in [0.3, 0.4) is 0 Å². The highest BCUT2D eigenvalue weighted by atomic mass is 16.2. The van der Waals surface area contributed by atoms with Gasteiger partial charge in [-0.3, -0.25) is 4.79 Å². The van der Waals surface area contributed by atoms with Crippen LogP contribution in [0.15, 0.2) is 24.3 Å². The molecular weight excluding hydrogens is 200 g/mol. The number of aryl methyl sites for hydroxylation is 1. The maximum Gasteiger partial charge on any atom is 0.239 e. The predicted octanol–water partition coefficient (Wildman–Crippen LogP) is 1.91. The van der Waals surface area contributed by atoms with Gasteiger partial charge < -0.3 is 11.1 Å². The molecule has 0 aliphatic rings. The normalized spacial score (nSPS) is 13.3. The van der Waals surface area contributed by atoms with Gasteiger partial charge in [0.05, 0.1) is 11.6 Å². The Balaban J connectivity index is 2.69. The highest BCUT2D eigenvalue weighted by Crippen LogP contribution is 2.13. The molecule has 3 N–H and O–H groups in total. The first kappa shape index (κ1) is 12.7. The number of benzene rings is 1. The molecule has 0 bridgehead atoms. The molecule has 1 amide bonds. The Morgan fingerprint density at radius 3 is 2.25 bits per heavy atom. The van der Waals surface area contributed by atoms with E-state index in [1.165, 1.54) is 5.56 Å². The van der Waals surface area contributed by atoms with Crippen molar-refractivity contribution in [3.63, 3.8) is 0 Å². The fraction of sp³-hybridized carbons (Fsp3) is 0.462. The molecule has 88 valence electrons. The third-order valence-electron chi connectivity index (χ3n) is 2.51. The smallest absolute Gasteiger partial charge is 0.239 e. The van der Waals surface area contributed by atoms with Gasteiger partial charge in [0.15, 0.2) is 0 Å². The molecule has 0 heterocycles. The molecule has 0 spiro atoms. The summed E-state index contributed by atoms with van der Waals surface area (Å²) in [6.45, 7) is 7.39. The molecule has 0 aromatic heterocycles. The van der Waals surface area contributed by atoms with Gasteiger partial charge in [-0.1, -0.05) is 29.8 Å². The van der Waals surface area contributed by atoms with E-state index in [0.717, 1.165) is 5.56 Å². The van der Waals surface area contributed by atoms with Gasteiger partial charge in [-0.25, -0.2) is 0 Å². The minimum Gasteiger partial charge on any atom is -0.348 e. The zero-order valence-electron chi connectivity index (χ0n) is 10.4. The van der Waals surface area contributed by atoms with Crippen molar-refractivity contribution in [3.05, 3.63) is 35.4 Å². The number of carbonyl (C=O) groups is 1. The standard InChI is InChI=1S/C13H20N2O/c1-9-5-7-11(8-6-9)10(2)15-12(16)13(3,4)14/h5-8,10H,14H2,1-4H3,(H,15,16)/t10-/m1/s1. The second kappa shape index (κ2) is 4.66. The summed E-state index contributed by atoms with van der Waals surface area (Å²) in [5, 5.41) is 2.89. The van der Waals surface area contributed by atoms with Crippen LogP contribution in [0.2, 0.25) is 0 Å². The van der Waals surface area contributed by atoms with E-state index in [0.29, 0.717) is 0 Å². The van der Waals surface area contributed by atoms with E-state index in [1.807, 2.05) is 38.1 Å². The first-order valence-corrected chi connectivity index (χ1v) is 5.47. The average Bonchev–Trinajstić information content (AvgIpc) is 2.17. The predicted molar refractivity (Wildman–Crippen MR) is 66.0 cm³/mol. The first-order valence-electron chi connectivity index (χ1n) is 5.47. The van der Waals surface area contributed by atoms with E-state index in [-0.39, 0.29) is 11.9 Å². The molecule has 1 aromatic carbocycles. The van der Waals surface area contributed by atoms with Crippen molar-refractivity contribution < 1.29 is 4.79 Å². The molecule has 0 saturated carbocycles. The summed E-state index contributed by atoms with van der Waals surface area (Å²) in [5.41, 5.74) is 7.18. The topological polar surface area (TPSA) is 55.1 Å². The van der Waals surface area contributed by atoms with Crippen molar-refractivity contribution in [2.75, 3.05) is 0 Å². The van der Waals surface area contributed by atoms with Crippen molar-refractivity contribution in [1.29, 1.82) is 0 Å². The van der Waals surface area contributed by atoms with E-state index < -0.39 is 5.54 Å². The summed E-state index contributed by atoms with van der Waals surface area (Å²) >= 11 is 0. The monoisotopic (exact) mass is 220 g/mol. The van der Waals surface area contributed by atoms with Crippen molar-refractivity contribution in [2.24, 2.45) is 5.73 Å². The zero-order chi connectivity index (χ0) is 12.3. The zero-order valence-corrected chi connectivity index (χ0v) is 10.4. The minimum absolute atomic E-state index is 0.0177. The molecule has 1 aromatic rings. The molecule has 0 aliphatic carbocycles. The molecule has 3 nitrogen and oxygen atoms in total. The van der Waals surface area contributed by atoms with Gasteiger partial charge in [-0.05, 0) is 33.3 Å². The lowest BCUT2D eigenvalue weighted by Gasteiger charge is -2.22. The summed E-state index contributed by atoms with van der Waals surface area (Å²) in [7, 11) is 0. The fourth-order valence-electron chi connectivity index (χ4n) is 1.32. The third-order valence-corrected chi connectivity index (χ3v) is 2.51. The van der Waals surface area contributed by atoms with Gasteiger partial charge in [0, 0.05) is 0 Å². The van der Waals surface area contributed by atoms with Gasteiger partial charge in [-0.2, -0.15) is 0 Å². The fourth-order valence-corrected chi connectivity index (χ4v) is 1.32. The van der Waals surface area contributed by atoms with Gasteiger partial charge in [0.25, 0.3) is 0 Å². The number of carbonyl (C=O) groups excluding carboxylic acids is 1. The number of nitrogens with one attached hydrogen (secondary N) is 1. The Hall–Kier alpha value is -1.35. The quantitative estimate of drug-likeness (QED) is 0.817. The maximum absolute atomic E-state index is 11.7. The summed E-state index contributed by atoms with van der Waals surface area (Å²) in [5.74, 6) is -0.138. The highest BCUT2D eigenvalue weighted by molar-refractivity contribution is 5.85. The molecule has 1 atom stereocenters. The van der Waals surface area contributed by atoms with Crippen LogP contribution in [0, 0.1) is 6.92 Å². The van der Waals surface area contributed by atoms with Crippen LogP contribution < -0.4 is 11.1 Å². The number of hydrogen-bond donors (Lipinski definition) is 2. The highest BCUT2D eigenvalue weighted by Gasteiger charge is 2.23. The van der Waals surface area contributed by atoms with E-state index in [2.05, 4.69) is 5.32 Å². The lowest BCUT2D eigenvalue weighted by atomic mass is 10.0. The first-order chi connectivity index (χ1) is 7.30. The lowest BCUT2D eigenvalue weighted by Crippen LogP contribution is -2.49. The second-order valence-corrected chi connectivity index (χ2v) is 4.83. The number of rotatable bonds is 3. The number of nitrogens with two attached hydrogens (primary N) is 1. The van der Waals surface area contributed by atoms with E-state index in [1.54, 1.807) is 13.8 Å². The van der Waals surface area contributed by atoms with Crippen LogP contribution in [0.5, 0.6) is 0 Å². The van der Waals surface area contributed by atoms with Crippen molar-refractivity contribution in [1.82, 2.24) is 5.32 Å². The van der Waals surface area contributed by atoms with Crippen LogP contribution in [0.4, 0.5) is 0 Å². The van der Waals surface area contributed by atoms with Crippen LogP contribution in [-0.4, -0.2) is 11.4 Å². The number of hydrogen-bond acceptors (Lipinski definition) is 2. The van der Waals surface area contributed by atoms with Crippen molar-refractivity contribution in [2.45, 2.75) is 39.3 Å². The SMILES string of the molecule is Cc1ccc([C@@H](C)NC(=O)C(C)(C)N)cc1. The van der Waals surface area contributed by atoms with Gasteiger partial charge in [0.1, 0.15) is 0 Å². The molecule has 0 saturated heterocycles. The summed E-state index contributed by atoms with van der Waals surface area (Å²) < 4.78 is 0. The second-order valence-electron chi connectivity index (χ2n) is 4.83. The third kappa shape index (κ3) is 3.35. The Morgan fingerprint density at radius 1 is 1.31 bits per heavy atom. The van der Waals surface area contributed by atoms with Crippen LogP contribution >= 0.6 is 0 Å². The minimum atomic E-state index is -0.834. The average molecular weight is 220 g/mol. The molecule has 0 unspecified atom stereocenters. The summed E-state index contributed by atoms with van der Waals surface area (Å²) in [6.07, 6.45) is 0. The van der Waals surface area contributed by atoms with Gasteiger partial charge in [-0.15, -0.1) is 0 Å². The van der Waals surface area contributed by atoms with E-state index in [4.69, 9.17) is 5.73 Å². The molecule has 3 heteroatoms. The van der Waals surface area contributed by atoms with E-state index >= 15 is 0 Å².